The molecule has 0 aliphatic rings. The fraction of sp³-hybridized carbons (Fsp3) is 0.571. The smallest absolute Gasteiger partial charge is 0.0717 e. The van der Waals surface area contributed by atoms with E-state index in [9.17, 15) is 0 Å². The highest BCUT2D eigenvalue weighted by atomic mass is 79.9. The zero-order chi connectivity index (χ0) is 12.3. The Labute approximate surface area is 113 Å². The quantitative estimate of drug-likeness (QED) is 0.701. The lowest BCUT2D eigenvalue weighted by Gasteiger charge is -2.05. The maximum Gasteiger partial charge on any atom is 0.0717 e. The van der Waals surface area contributed by atoms with E-state index in [4.69, 9.17) is 4.74 Å². The topological polar surface area (TPSA) is 21.3 Å². The summed E-state index contributed by atoms with van der Waals surface area (Å²) < 4.78 is 6.75. The molecule has 2 nitrogen and oxygen atoms in total. The molecule has 0 aliphatic carbocycles. The number of nitrogens with one attached hydrogen (secondary N) is 1. The van der Waals surface area contributed by atoms with Crippen LogP contribution in [-0.4, -0.2) is 19.7 Å². The van der Waals surface area contributed by atoms with Crippen LogP contribution in [0.2, 0.25) is 0 Å². The Balaban J connectivity index is 1.97. The normalized spacial score (nSPS) is 10.7. The molecule has 1 rings (SSSR count). The van der Waals surface area contributed by atoms with Gasteiger partial charge in [0.1, 0.15) is 0 Å². The maximum atomic E-state index is 5.63. The minimum atomic E-state index is 0.710. The average Bonchev–Trinajstić information content (AvgIpc) is 2.33. The first-order chi connectivity index (χ1) is 8.33. The van der Waals surface area contributed by atoms with Gasteiger partial charge in [-0.15, -0.1) is 0 Å². The second-order valence-electron chi connectivity index (χ2n) is 4.14. The molecular weight excluding hydrogens is 278 g/mol. The number of halogens is 1. The van der Waals surface area contributed by atoms with Crippen LogP contribution in [0.4, 0.5) is 0 Å². The Morgan fingerprint density at radius 1 is 1.24 bits per heavy atom. The summed E-state index contributed by atoms with van der Waals surface area (Å²) in [5, 5.41) is 3.39. The molecule has 0 atom stereocenters. The molecular formula is C14H22BrNO. The summed E-state index contributed by atoms with van der Waals surface area (Å²) in [5.41, 5.74) is 1.23. The molecule has 0 saturated carbocycles. The van der Waals surface area contributed by atoms with Gasteiger partial charge in [-0.2, -0.15) is 0 Å². The molecule has 3 heteroatoms. The van der Waals surface area contributed by atoms with Crippen LogP contribution in [-0.2, 0) is 11.3 Å². The van der Waals surface area contributed by atoms with Crippen molar-refractivity contribution in [1.29, 1.82) is 0 Å². The van der Waals surface area contributed by atoms with Crippen molar-refractivity contribution in [2.75, 3.05) is 19.7 Å². The Morgan fingerprint density at radius 3 is 2.88 bits per heavy atom. The second-order valence-corrected chi connectivity index (χ2v) is 5.06. The van der Waals surface area contributed by atoms with Crippen LogP contribution in [0, 0.1) is 0 Å². The zero-order valence-corrected chi connectivity index (χ0v) is 12.1. The standard InChI is InChI=1S/C14H22BrNO/c1-2-8-16-9-3-4-10-17-12-13-6-5-7-14(15)11-13/h5-7,11,16H,2-4,8-10,12H2,1H3. The molecule has 0 unspecified atom stereocenters. The van der Waals surface area contributed by atoms with Crippen LogP contribution in [0.3, 0.4) is 0 Å². The van der Waals surface area contributed by atoms with Gasteiger partial charge in [0.05, 0.1) is 6.61 Å². The van der Waals surface area contributed by atoms with Gasteiger partial charge in [-0.3, -0.25) is 0 Å². The van der Waals surface area contributed by atoms with E-state index in [1.807, 2.05) is 12.1 Å². The van der Waals surface area contributed by atoms with Crippen molar-refractivity contribution in [3.8, 4) is 0 Å². The highest BCUT2D eigenvalue weighted by Crippen LogP contribution is 2.12. The Kier molecular flexibility index (Phi) is 8.32. The summed E-state index contributed by atoms with van der Waals surface area (Å²) in [6.45, 7) is 5.98. The first-order valence-electron chi connectivity index (χ1n) is 6.36. The predicted molar refractivity (Wildman–Crippen MR) is 76.2 cm³/mol. The molecule has 1 N–H and O–H groups in total. The lowest BCUT2D eigenvalue weighted by Crippen LogP contribution is -2.16. The van der Waals surface area contributed by atoms with Crippen LogP contribution >= 0.6 is 15.9 Å². The van der Waals surface area contributed by atoms with Crippen LogP contribution in [0.5, 0.6) is 0 Å². The molecule has 0 fully saturated rings. The molecule has 0 bridgehead atoms. The van der Waals surface area contributed by atoms with Crippen molar-refractivity contribution >= 4 is 15.9 Å². The van der Waals surface area contributed by atoms with E-state index in [1.165, 1.54) is 18.4 Å². The van der Waals surface area contributed by atoms with Gasteiger partial charge < -0.3 is 10.1 Å². The van der Waals surface area contributed by atoms with E-state index >= 15 is 0 Å². The van der Waals surface area contributed by atoms with Crippen molar-refractivity contribution in [3.63, 3.8) is 0 Å². The van der Waals surface area contributed by atoms with Crippen molar-refractivity contribution in [3.05, 3.63) is 34.3 Å². The third-order valence-electron chi connectivity index (χ3n) is 2.48. The number of hydrogen-bond donors (Lipinski definition) is 1. The Hall–Kier alpha value is -0.380. The van der Waals surface area contributed by atoms with E-state index in [-0.39, 0.29) is 0 Å². The van der Waals surface area contributed by atoms with Gasteiger partial charge in [0.25, 0.3) is 0 Å². The molecule has 0 aromatic heterocycles. The summed E-state index contributed by atoms with van der Waals surface area (Å²) in [5.74, 6) is 0. The highest BCUT2D eigenvalue weighted by Gasteiger charge is 1.94. The second kappa shape index (κ2) is 9.63. The van der Waals surface area contributed by atoms with Crippen LogP contribution in [0.25, 0.3) is 0 Å². The molecule has 0 spiro atoms. The summed E-state index contributed by atoms with van der Waals surface area (Å²) in [4.78, 5) is 0. The van der Waals surface area contributed by atoms with Gasteiger partial charge in [-0.05, 0) is 50.0 Å². The monoisotopic (exact) mass is 299 g/mol. The molecule has 1 aromatic carbocycles. The average molecular weight is 300 g/mol. The molecule has 0 heterocycles. The molecule has 17 heavy (non-hydrogen) atoms. The van der Waals surface area contributed by atoms with Crippen LogP contribution < -0.4 is 5.32 Å². The summed E-state index contributed by atoms with van der Waals surface area (Å²) in [6, 6.07) is 8.26. The molecule has 0 aliphatic heterocycles. The van der Waals surface area contributed by atoms with E-state index in [1.54, 1.807) is 0 Å². The van der Waals surface area contributed by atoms with Gasteiger partial charge in [0.2, 0.25) is 0 Å². The maximum absolute atomic E-state index is 5.63. The SMILES string of the molecule is CCCNCCCCOCc1cccc(Br)c1. The number of unbranched alkanes of at least 4 members (excludes halogenated alkanes) is 1. The van der Waals surface area contributed by atoms with Gasteiger partial charge in [0, 0.05) is 11.1 Å². The van der Waals surface area contributed by atoms with E-state index in [0.717, 1.165) is 30.6 Å². The van der Waals surface area contributed by atoms with Crippen molar-refractivity contribution in [1.82, 2.24) is 5.32 Å². The largest absolute Gasteiger partial charge is 0.377 e. The predicted octanol–water partition coefficient (Wildman–Crippen LogP) is 3.75. The Bertz CT molecular complexity index is 304. The van der Waals surface area contributed by atoms with Crippen LogP contribution in [0.1, 0.15) is 31.7 Å². The fourth-order valence-electron chi connectivity index (χ4n) is 1.57. The zero-order valence-electron chi connectivity index (χ0n) is 10.5. The summed E-state index contributed by atoms with van der Waals surface area (Å²) >= 11 is 3.46. The van der Waals surface area contributed by atoms with Crippen molar-refractivity contribution in [2.45, 2.75) is 32.8 Å². The minimum absolute atomic E-state index is 0.710. The highest BCUT2D eigenvalue weighted by molar-refractivity contribution is 9.10. The van der Waals surface area contributed by atoms with Gasteiger partial charge >= 0.3 is 0 Å². The van der Waals surface area contributed by atoms with Gasteiger partial charge in [-0.1, -0.05) is 35.0 Å². The molecule has 1 aromatic rings. The molecule has 0 saturated heterocycles. The third kappa shape index (κ3) is 7.53. The number of rotatable bonds is 9. The lowest BCUT2D eigenvalue weighted by atomic mass is 10.2. The number of ether oxygens (including phenoxy) is 1. The molecule has 0 radical (unpaired) electrons. The van der Waals surface area contributed by atoms with Crippen molar-refractivity contribution < 1.29 is 4.74 Å². The lowest BCUT2D eigenvalue weighted by molar-refractivity contribution is 0.117. The van der Waals surface area contributed by atoms with E-state index < -0.39 is 0 Å². The summed E-state index contributed by atoms with van der Waals surface area (Å²) in [7, 11) is 0. The number of hydrogen-bond acceptors (Lipinski definition) is 2. The van der Waals surface area contributed by atoms with Crippen LogP contribution in [0.15, 0.2) is 28.7 Å². The molecule has 0 amide bonds. The summed E-state index contributed by atoms with van der Waals surface area (Å²) in [6.07, 6.45) is 3.53. The minimum Gasteiger partial charge on any atom is -0.377 e. The van der Waals surface area contributed by atoms with E-state index in [0.29, 0.717) is 6.61 Å². The fourth-order valence-corrected chi connectivity index (χ4v) is 2.02. The van der Waals surface area contributed by atoms with Crippen molar-refractivity contribution in [2.24, 2.45) is 0 Å². The third-order valence-corrected chi connectivity index (χ3v) is 2.97. The first kappa shape index (κ1) is 14.7. The van der Waals surface area contributed by atoms with E-state index in [2.05, 4.69) is 40.3 Å². The first-order valence-corrected chi connectivity index (χ1v) is 7.15. The number of benzene rings is 1. The molecule has 96 valence electrons. The Morgan fingerprint density at radius 2 is 2.12 bits per heavy atom. The van der Waals surface area contributed by atoms with Gasteiger partial charge in [-0.25, -0.2) is 0 Å². The van der Waals surface area contributed by atoms with Gasteiger partial charge in [0.15, 0.2) is 0 Å².